The van der Waals surface area contributed by atoms with Crippen molar-refractivity contribution in [2.75, 3.05) is 0 Å². The maximum atomic E-state index is 14.3. The highest BCUT2D eigenvalue weighted by Gasteiger charge is 2.21. The Bertz CT molecular complexity index is 2820. The Morgan fingerprint density at radius 2 is 1.11 bits per heavy atom. The first-order valence-corrected chi connectivity index (χ1v) is 15.4. The van der Waals surface area contributed by atoms with Gasteiger partial charge in [-0.1, -0.05) is 60.2 Å². The minimum atomic E-state index is -0.124. The van der Waals surface area contributed by atoms with E-state index in [1.165, 1.54) is 16.7 Å². The largest absolute Gasteiger partial charge is 0.457 e. The van der Waals surface area contributed by atoms with Crippen LogP contribution in [0.15, 0.2) is 125 Å². The van der Waals surface area contributed by atoms with Gasteiger partial charge in [0.15, 0.2) is 10.9 Å². The Kier molecular flexibility index (Phi) is 5.48. The Balaban J connectivity index is 1.45. The number of fused-ring (bicyclic) bond motifs is 7. The Morgan fingerprint density at radius 3 is 1.85 bits per heavy atom. The van der Waals surface area contributed by atoms with Gasteiger partial charge in [-0.25, -0.2) is 0 Å². The van der Waals surface area contributed by atoms with Crippen LogP contribution in [0.5, 0.6) is 11.5 Å². The third-order valence-electron chi connectivity index (χ3n) is 9.32. The first-order valence-electron chi connectivity index (χ1n) is 15.4. The van der Waals surface area contributed by atoms with E-state index in [0.29, 0.717) is 38.6 Å². The highest BCUT2D eigenvalue weighted by atomic mass is 16.5. The van der Waals surface area contributed by atoms with Crippen molar-refractivity contribution in [2.45, 2.75) is 20.8 Å². The summed E-state index contributed by atoms with van der Waals surface area (Å²) in [5.41, 5.74) is 8.68. The quantitative estimate of drug-likeness (QED) is 0.151. The molecule has 0 unspecified atom stereocenters. The van der Waals surface area contributed by atoms with Crippen LogP contribution in [0.1, 0.15) is 16.7 Å². The van der Waals surface area contributed by atoms with Crippen LogP contribution in [0.3, 0.4) is 0 Å². The van der Waals surface area contributed by atoms with E-state index in [1.54, 1.807) is 6.07 Å². The molecule has 5 nitrogen and oxygen atoms in total. The summed E-state index contributed by atoms with van der Waals surface area (Å²) in [6.07, 6.45) is 0. The molecule has 0 bridgehead atoms. The zero-order chi connectivity index (χ0) is 31.3. The number of benzene rings is 6. The fraction of sp³-hybridized carbons (Fsp3) is 0.0732. The van der Waals surface area contributed by atoms with E-state index in [0.717, 1.165) is 38.5 Å². The van der Waals surface area contributed by atoms with Crippen LogP contribution < -0.4 is 15.6 Å². The molecule has 6 aromatic carbocycles. The minimum absolute atomic E-state index is 0.0839. The van der Waals surface area contributed by atoms with E-state index in [4.69, 9.17) is 4.74 Å². The molecule has 0 saturated carbocycles. The standard InChI is InChI=1S/C41H28N2O3/c1-23-18-24(2)38(25(3)19-23)42-34-15-8-7-12-28(34)31-21-37-33(22-36(31)42)41(45)30-14-9-13-29-39(30)43(37)35-17-16-27(20-32(35)40(29)44)46-26-10-5-4-6-11-26/h4-22H,1-3H3. The van der Waals surface area contributed by atoms with Gasteiger partial charge in [0.25, 0.3) is 0 Å². The minimum Gasteiger partial charge on any atom is -0.457 e. The molecule has 3 heterocycles. The molecule has 0 N–H and O–H groups in total. The fourth-order valence-corrected chi connectivity index (χ4v) is 7.53. The van der Waals surface area contributed by atoms with Crippen LogP contribution in [-0.2, 0) is 0 Å². The van der Waals surface area contributed by atoms with E-state index in [9.17, 15) is 9.59 Å². The molecule has 0 aliphatic rings. The number of hydrogen-bond acceptors (Lipinski definition) is 3. The number of hydrogen-bond donors (Lipinski definition) is 0. The Labute approximate surface area is 263 Å². The first-order chi connectivity index (χ1) is 22.4. The van der Waals surface area contributed by atoms with Gasteiger partial charge < -0.3 is 13.7 Å². The van der Waals surface area contributed by atoms with Crippen molar-refractivity contribution in [1.29, 1.82) is 0 Å². The molecule has 9 rings (SSSR count). The molecule has 0 radical (unpaired) electrons. The first kappa shape index (κ1) is 26.5. The van der Waals surface area contributed by atoms with Crippen LogP contribution in [0.4, 0.5) is 0 Å². The van der Waals surface area contributed by atoms with E-state index >= 15 is 0 Å². The highest BCUT2D eigenvalue weighted by Crippen LogP contribution is 2.38. The Morgan fingerprint density at radius 1 is 0.478 bits per heavy atom. The SMILES string of the molecule is Cc1cc(C)c(-n2c3ccccc3c3cc4c(cc32)c(=O)c2cccc3c(=O)c5cc(Oc6ccccc6)ccc5n4c32)c(C)c1. The topological polar surface area (TPSA) is 52.7 Å². The molecule has 0 saturated heterocycles. The zero-order valence-corrected chi connectivity index (χ0v) is 25.6. The van der Waals surface area contributed by atoms with Gasteiger partial charge in [-0.05, 0) is 92.6 Å². The molecule has 5 heteroatoms. The maximum absolute atomic E-state index is 14.3. The second-order valence-electron chi connectivity index (χ2n) is 12.3. The van der Waals surface area contributed by atoms with E-state index in [2.05, 4.69) is 72.2 Å². The fourth-order valence-electron chi connectivity index (χ4n) is 7.53. The van der Waals surface area contributed by atoms with E-state index in [1.807, 2.05) is 66.7 Å². The number of para-hydroxylation sites is 3. The summed E-state index contributed by atoms with van der Waals surface area (Å²) in [6.45, 7) is 6.41. The number of aromatic nitrogens is 2. The second kappa shape index (κ2) is 9.53. The molecule has 0 aliphatic heterocycles. The van der Waals surface area contributed by atoms with E-state index < -0.39 is 0 Å². The zero-order valence-electron chi connectivity index (χ0n) is 25.6. The van der Waals surface area contributed by atoms with Crippen molar-refractivity contribution in [1.82, 2.24) is 8.97 Å². The molecule has 0 aliphatic carbocycles. The van der Waals surface area contributed by atoms with Crippen molar-refractivity contribution in [3.63, 3.8) is 0 Å². The van der Waals surface area contributed by atoms with Crippen molar-refractivity contribution in [2.24, 2.45) is 0 Å². The third kappa shape index (κ3) is 3.63. The van der Waals surface area contributed by atoms with Gasteiger partial charge in [0.2, 0.25) is 0 Å². The van der Waals surface area contributed by atoms with Gasteiger partial charge in [0, 0.05) is 26.9 Å². The summed E-state index contributed by atoms with van der Waals surface area (Å²) in [4.78, 5) is 28.3. The molecule has 0 fully saturated rings. The summed E-state index contributed by atoms with van der Waals surface area (Å²) in [5, 5.41) is 4.32. The van der Waals surface area contributed by atoms with E-state index in [-0.39, 0.29) is 10.9 Å². The molecule has 46 heavy (non-hydrogen) atoms. The van der Waals surface area contributed by atoms with Gasteiger partial charge >= 0.3 is 0 Å². The van der Waals surface area contributed by atoms with Crippen LogP contribution in [-0.4, -0.2) is 8.97 Å². The molecule has 220 valence electrons. The Hall–Kier alpha value is -5.94. The molecule has 0 atom stereocenters. The van der Waals surface area contributed by atoms with Crippen molar-refractivity contribution in [3.05, 3.63) is 152 Å². The van der Waals surface area contributed by atoms with Crippen LogP contribution in [0, 0.1) is 20.8 Å². The average molecular weight is 597 g/mol. The molecule has 3 aromatic heterocycles. The van der Waals surface area contributed by atoms with Crippen molar-refractivity contribution < 1.29 is 4.74 Å². The van der Waals surface area contributed by atoms with Gasteiger partial charge in [-0.15, -0.1) is 0 Å². The molecule has 0 spiro atoms. The van der Waals surface area contributed by atoms with Gasteiger partial charge in [-0.3, -0.25) is 9.59 Å². The number of rotatable bonds is 3. The summed E-state index contributed by atoms with van der Waals surface area (Å²) in [7, 11) is 0. The molecular formula is C41H28N2O3. The van der Waals surface area contributed by atoms with Crippen LogP contribution in [0.2, 0.25) is 0 Å². The number of aryl methyl sites for hydroxylation is 3. The smallest absolute Gasteiger partial charge is 0.197 e. The maximum Gasteiger partial charge on any atom is 0.197 e. The molecule has 0 amide bonds. The lowest BCUT2D eigenvalue weighted by Crippen LogP contribution is -2.14. The number of pyridine rings is 2. The number of ether oxygens (including phenoxy) is 1. The average Bonchev–Trinajstić information content (AvgIpc) is 3.37. The molecular weight excluding hydrogens is 568 g/mol. The summed E-state index contributed by atoms with van der Waals surface area (Å²) >= 11 is 0. The van der Waals surface area contributed by atoms with Crippen molar-refractivity contribution in [3.8, 4) is 17.2 Å². The highest BCUT2D eigenvalue weighted by molar-refractivity contribution is 6.16. The normalized spacial score (nSPS) is 12.0. The summed E-state index contributed by atoms with van der Waals surface area (Å²) in [5.74, 6) is 1.27. The lowest BCUT2D eigenvalue weighted by Gasteiger charge is -2.17. The van der Waals surface area contributed by atoms with Gasteiger partial charge in [-0.2, -0.15) is 0 Å². The summed E-state index contributed by atoms with van der Waals surface area (Å²) < 4.78 is 10.5. The lowest BCUT2D eigenvalue weighted by molar-refractivity contribution is 0.483. The lowest BCUT2D eigenvalue weighted by atomic mass is 10.0. The second-order valence-corrected chi connectivity index (χ2v) is 12.3. The predicted octanol–water partition coefficient (Wildman–Crippen LogP) is 9.37. The molecule has 9 aromatic rings. The predicted molar refractivity (Wildman–Crippen MR) is 189 cm³/mol. The summed E-state index contributed by atoms with van der Waals surface area (Å²) in [6, 6.07) is 37.6. The van der Waals surface area contributed by atoms with Crippen LogP contribution in [0.25, 0.3) is 65.6 Å². The third-order valence-corrected chi connectivity index (χ3v) is 9.32. The van der Waals surface area contributed by atoms with Crippen LogP contribution >= 0.6 is 0 Å². The van der Waals surface area contributed by atoms with Gasteiger partial charge in [0.1, 0.15) is 11.5 Å². The van der Waals surface area contributed by atoms with Gasteiger partial charge in [0.05, 0.1) is 38.7 Å². The van der Waals surface area contributed by atoms with Crippen molar-refractivity contribution >= 4 is 59.9 Å². The number of nitrogens with zero attached hydrogens (tertiary/aromatic N) is 2. The monoisotopic (exact) mass is 596 g/mol.